The highest BCUT2D eigenvalue weighted by Gasteiger charge is 2.30. The van der Waals surface area contributed by atoms with Crippen LogP contribution in [-0.2, 0) is 0 Å². The van der Waals surface area contributed by atoms with Crippen LogP contribution in [0.25, 0.3) is 23.2 Å². The summed E-state index contributed by atoms with van der Waals surface area (Å²) in [6.07, 6.45) is 12.6. The Morgan fingerprint density at radius 2 is 1.59 bits per heavy atom. The predicted molar refractivity (Wildman–Crippen MR) is 163 cm³/mol. The molecule has 2 amide bonds. The second kappa shape index (κ2) is 11.9. The van der Waals surface area contributed by atoms with Crippen molar-refractivity contribution in [3.8, 4) is 0 Å². The fraction of sp³-hybridized carbons (Fsp3) is 0.353. The third-order valence-corrected chi connectivity index (χ3v) is 7.91. The molecule has 1 aliphatic rings. The summed E-state index contributed by atoms with van der Waals surface area (Å²) in [5.74, 6) is 0.964. The summed E-state index contributed by atoms with van der Waals surface area (Å²) >= 11 is 0. The van der Waals surface area contributed by atoms with E-state index in [0.717, 1.165) is 51.8 Å². The Balaban J connectivity index is 1.49. The highest BCUT2D eigenvalue weighted by Crippen LogP contribution is 2.37. The molecule has 1 fully saturated rings. The van der Waals surface area contributed by atoms with Crippen LogP contribution in [0.5, 0.6) is 0 Å². The Labute approximate surface area is 232 Å². The number of hydrogen-bond acceptors (Lipinski definition) is 2. The second-order valence-electron chi connectivity index (χ2n) is 11.3. The van der Waals surface area contributed by atoms with E-state index >= 15 is 0 Å². The molecule has 2 heterocycles. The van der Waals surface area contributed by atoms with Crippen molar-refractivity contribution in [1.82, 2.24) is 14.9 Å². The fourth-order valence-corrected chi connectivity index (χ4v) is 5.87. The monoisotopic (exact) mass is 520 g/mol. The third-order valence-electron chi connectivity index (χ3n) is 7.91. The number of urea groups is 1. The first kappa shape index (κ1) is 26.7. The van der Waals surface area contributed by atoms with E-state index in [-0.39, 0.29) is 12.2 Å². The molecule has 5 rings (SSSR count). The maximum Gasteiger partial charge on any atom is 0.320 e. The van der Waals surface area contributed by atoms with E-state index in [2.05, 4.69) is 97.6 Å². The molecule has 202 valence electrons. The Morgan fingerprint density at radius 1 is 0.897 bits per heavy atom. The Morgan fingerprint density at radius 3 is 2.26 bits per heavy atom. The Bertz CT molecular complexity index is 1420. The lowest BCUT2D eigenvalue weighted by molar-refractivity contribution is 0.229. The molecule has 2 aromatic carbocycles. The summed E-state index contributed by atoms with van der Waals surface area (Å²) < 4.78 is 2.19. The molecule has 2 aromatic heterocycles. The minimum Gasteiger partial charge on any atom is -0.317 e. The van der Waals surface area contributed by atoms with E-state index in [1.165, 1.54) is 12.8 Å². The van der Waals surface area contributed by atoms with Crippen LogP contribution in [0.2, 0.25) is 0 Å². The predicted octanol–water partition coefficient (Wildman–Crippen LogP) is 8.96. The average Bonchev–Trinajstić information content (AvgIpc) is 3.60. The summed E-state index contributed by atoms with van der Waals surface area (Å²) in [5.41, 5.74) is 6.40. The lowest BCUT2D eigenvalue weighted by atomic mass is 9.93. The van der Waals surface area contributed by atoms with Gasteiger partial charge in [-0.05, 0) is 59.4 Å². The van der Waals surface area contributed by atoms with Crippen LogP contribution in [-0.4, -0.2) is 15.6 Å². The van der Waals surface area contributed by atoms with E-state index in [1.807, 2.05) is 30.5 Å². The van der Waals surface area contributed by atoms with Gasteiger partial charge < -0.3 is 15.2 Å². The maximum absolute atomic E-state index is 13.7. The zero-order valence-corrected chi connectivity index (χ0v) is 23.5. The number of rotatable bonds is 8. The van der Waals surface area contributed by atoms with Crippen LogP contribution in [0.4, 0.5) is 10.5 Å². The third kappa shape index (κ3) is 5.93. The second-order valence-corrected chi connectivity index (χ2v) is 11.3. The molecule has 0 saturated heterocycles. The summed E-state index contributed by atoms with van der Waals surface area (Å²) in [5, 5.41) is 7.74. The van der Waals surface area contributed by atoms with Crippen molar-refractivity contribution in [2.24, 2.45) is 5.92 Å². The molecule has 0 radical (unpaired) electrons. The quantitative estimate of drug-likeness (QED) is 0.244. The summed E-state index contributed by atoms with van der Waals surface area (Å²) in [6, 6.07) is 20.6. The lowest BCUT2D eigenvalue weighted by Gasteiger charge is -2.28. The van der Waals surface area contributed by atoms with Crippen LogP contribution in [0.1, 0.15) is 93.6 Å². The highest BCUT2D eigenvalue weighted by molar-refractivity contribution is 5.92. The molecule has 1 unspecified atom stereocenters. The molecular weight excluding hydrogens is 480 g/mol. The average molecular weight is 521 g/mol. The number of para-hydroxylation sites is 1. The topological polar surface area (TPSA) is 59.0 Å². The SMILES string of the molecule is CC(C)c1cccc(C(C)C)c1NC(=O)NC(C1CCCC1)n1cc(C=Cc2ccccc2)c2cccnc21. The van der Waals surface area contributed by atoms with Gasteiger partial charge in [0.1, 0.15) is 11.8 Å². The maximum atomic E-state index is 13.7. The fourth-order valence-electron chi connectivity index (χ4n) is 5.87. The molecule has 0 aliphatic heterocycles. The molecule has 0 spiro atoms. The van der Waals surface area contributed by atoms with Crippen LogP contribution in [0, 0.1) is 5.92 Å². The number of nitrogens with zero attached hydrogens (tertiary/aromatic N) is 2. The molecular formula is C34H40N4O. The van der Waals surface area contributed by atoms with Crippen LogP contribution >= 0.6 is 0 Å². The number of benzene rings is 2. The first-order chi connectivity index (χ1) is 18.9. The first-order valence-corrected chi connectivity index (χ1v) is 14.3. The van der Waals surface area contributed by atoms with E-state index in [0.29, 0.717) is 17.8 Å². The Hall–Kier alpha value is -3.86. The molecule has 2 N–H and O–H groups in total. The van der Waals surface area contributed by atoms with Crippen molar-refractivity contribution >= 4 is 34.9 Å². The minimum absolute atomic E-state index is 0.166. The van der Waals surface area contributed by atoms with Gasteiger partial charge in [0.05, 0.1) is 0 Å². The van der Waals surface area contributed by atoms with Crippen molar-refractivity contribution in [2.75, 3.05) is 5.32 Å². The smallest absolute Gasteiger partial charge is 0.317 e. The summed E-state index contributed by atoms with van der Waals surface area (Å²) in [4.78, 5) is 18.5. The molecule has 1 atom stereocenters. The van der Waals surface area contributed by atoms with E-state index in [1.54, 1.807) is 0 Å². The number of fused-ring (bicyclic) bond motifs is 1. The molecule has 39 heavy (non-hydrogen) atoms. The Kier molecular flexibility index (Phi) is 8.16. The molecule has 0 bridgehead atoms. The van der Waals surface area contributed by atoms with E-state index < -0.39 is 0 Å². The van der Waals surface area contributed by atoms with Crippen molar-refractivity contribution < 1.29 is 4.79 Å². The number of hydrogen-bond donors (Lipinski definition) is 2. The van der Waals surface area contributed by atoms with Gasteiger partial charge >= 0.3 is 6.03 Å². The van der Waals surface area contributed by atoms with Gasteiger partial charge in [0.2, 0.25) is 0 Å². The number of nitrogens with one attached hydrogen (secondary N) is 2. The van der Waals surface area contributed by atoms with Gasteiger partial charge in [-0.1, -0.05) is 101 Å². The molecule has 5 heteroatoms. The number of amides is 2. The van der Waals surface area contributed by atoms with Crippen LogP contribution in [0.15, 0.2) is 73.1 Å². The largest absolute Gasteiger partial charge is 0.320 e. The zero-order chi connectivity index (χ0) is 27.4. The number of anilines is 1. The van der Waals surface area contributed by atoms with Gasteiger partial charge in [-0.25, -0.2) is 9.78 Å². The normalized spacial score (nSPS) is 15.0. The molecule has 5 nitrogen and oxygen atoms in total. The summed E-state index contributed by atoms with van der Waals surface area (Å²) in [7, 11) is 0. The molecule has 1 aliphatic carbocycles. The lowest BCUT2D eigenvalue weighted by Crippen LogP contribution is -2.39. The van der Waals surface area contributed by atoms with Gasteiger partial charge in [0.25, 0.3) is 0 Å². The van der Waals surface area contributed by atoms with Crippen molar-refractivity contribution in [3.05, 3.63) is 95.3 Å². The van der Waals surface area contributed by atoms with Gasteiger partial charge in [-0.2, -0.15) is 0 Å². The van der Waals surface area contributed by atoms with Crippen molar-refractivity contribution in [2.45, 2.75) is 71.4 Å². The van der Waals surface area contributed by atoms with E-state index in [9.17, 15) is 4.79 Å². The van der Waals surface area contributed by atoms with Crippen molar-refractivity contribution in [1.29, 1.82) is 0 Å². The minimum atomic E-state index is -0.183. The number of aromatic nitrogens is 2. The van der Waals surface area contributed by atoms with Crippen LogP contribution in [0.3, 0.4) is 0 Å². The number of carbonyl (C=O) groups excluding carboxylic acids is 1. The van der Waals surface area contributed by atoms with Crippen molar-refractivity contribution in [3.63, 3.8) is 0 Å². The van der Waals surface area contributed by atoms with E-state index in [4.69, 9.17) is 4.98 Å². The number of carbonyl (C=O) groups is 1. The van der Waals surface area contributed by atoms with Gasteiger partial charge in [-0.15, -0.1) is 0 Å². The van der Waals surface area contributed by atoms with Gasteiger partial charge in [-0.3, -0.25) is 0 Å². The highest BCUT2D eigenvalue weighted by atomic mass is 16.2. The standard InChI is InChI=1S/C34H40N4O/c1-23(2)28-16-10-17-29(24(3)4)31(28)36-34(39)37-32(26-14-8-9-15-26)38-22-27(30-18-11-21-35-33(30)38)20-19-25-12-6-5-7-13-25/h5-7,10-13,16-24,26,32H,8-9,14-15H2,1-4H3,(H2,36,37,39). The molecule has 1 saturated carbocycles. The molecule has 4 aromatic rings. The summed E-state index contributed by atoms with van der Waals surface area (Å²) in [6.45, 7) is 8.69. The van der Waals surface area contributed by atoms with Crippen LogP contribution < -0.4 is 10.6 Å². The number of pyridine rings is 1. The first-order valence-electron chi connectivity index (χ1n) is 14.3. The van der Waals surface area contributed by atoms with Gasteiger partial charge in [0.15, 0.2) is 0 Å². The van der Waals surface area contributed by atoms with Gasteiger partial charge in [0, 0.05) is 29.0 Å². The zero-order valence-electron chi connectivity index (χ0n) is 23.5.